The molecule has 0 amide bonds. The SMILES string of the molecule is CCNC(CN(C)c1cccc(F)c1)C(C)C. The molecule has 0 aliphatic carbocycles. The highest BCUT2D eigenvalue weighted by Crippen LogP contribution is 2.15. The van der Waals surface area contributed by atoms with E-state index in [1.165, 1.54) is 6.07 Å². The van der Waals surface area contributed by atoms with Crippen LogP contribution in [0.25, 0.3) is 0 Å². The van der Waals surface area contributed by atoms with Crippen molar-refractivity contribution < 1.29 is 4.39 Å². The van der Waals surface area contributed by atoms with Gasteiger partial charge in [-0.05, 0) is 30.7 Å². The summed E-state index contributed by atoms with van der Waals surface area (Å²) in [4.78, 5) is 2.09. The van der Waals surface area contributed by atoms with E-state index < -0.39 is 0 Å². The minimum atomic E-state index is -0.182. The number of nitrogens with zero attached hydrogens (tertiary/aromatic N) is 1. The minimum absolute atomic E-state index is 0.182. The molecule has 1 aromatic carbocycles. The first kappa shape index (κ1) is 14.0. The Labute approximate surface area is 104 Å². The lowest BCUT2D eigenvalue weighted by Gasteiger charge is -2.29. The number of nitrogens with one attached hydrogen (secondary N) is 1. The summed E-state index contributed by atoms with van der Waals surface area (Å²) in [6, 6.07) is 7.16. The lowest BCUT2D eigenvalue weighted by atomic mass is 10.0. The van der Waals surface area contributed by atoms with E-state index in [4.69, 9.17) is 0 Å². The molecule has 1 atom stereocenters. The van der Waals surface area contributed by atoms with E-state index >= 15 is 0 Å². The number of hydrogen-bond acceptors (Lipinski definition) is 2. The van der Waals surface area contributed by atoms with Gasteiger partial charge >= 0.3 is 0 Å². The molecule has 0 radical (unpaired) electrons. The Balaban J connectivity index is 2.66. The van der Waals surface area contributed by atoms with E-state index in [9.17, 15) is 4.39 Å². The van der Waals surface area contributed by atoms with Gasteiger partial charge in [0.15, 0.2) is 0 Å². The van der Waals surface area contributed by atoms with Crippen molar-refractivity contribution in [2.75, 3.05) is 25.0 Å². The van der Waals surface area contributed by atoms with Gasteiger partial charge in [0, 0.05) is 25.3 Å². The fraction of sp³-hybridized carbons (Fsp3) is 0.571. The summed E-state index contributed by atoms with van der Waals surface area (Å²) in [6.45, 7) is 8.35. The largest absolute Gasteiger partial charge is 0.373 e. The van der Waals surface area contributed by atoms with E-state index in [-0.39, 0.29) is 5.82 Å². The van der Waals surface area contributed by atoms with Crippen molar-refractivity contribution >= 4 is 5.69 Å². The molecule has 0 spiro atoms. The third-order valence-corrected chi connectivity index (χ3v) is 2.99. The molecule has 0 fully saturated rings. The van der Waals surface area contributed by atoms with Crippen LogP contribution in [0.1, 0.15) is 20.8 Å². The van der Waals surface area contributed by atoms with Gasteiger partial charge in [0.05, 0.1) is 0 Å². The van der Waals surface area contributed by atoms with Crippen LogP contribution in [-0.2, 0) is 0 Å². The maximum absolute atomic E-state index is 13.1. The first-order chi connectivity index (χ1) is 8.04. The van der Waals surface area contributed by atoms with Crippen molar-refractivity contribution in [2.24, 2.45) is 5.92 Å². The maximum Gasteiger partial charge on any atom is 0.125 e. The summed E-state index contributed by atoms with van der Waals surface area (Å²) in [5.74, 6) is 0.379. The molecule has 0 saturated carbocycles. The number of rotatable bonds is 6. The second-order valence-electron chi connectivity index (χ2n) is 4.77. The van der Waals surface area contributed by atoms with Crippen molar-refractivity contribution in [3.63, 3.8) is 0 Å². The average Bonchev–Trinajstić information content (AvgIpc) is 2.28. The van der Waals surface area contributed by atoms with Gasteiger partial charge in [-0.2, -0.15) is 0 Å². The Morgan fingerprint density at radius 2 is 2.06 bits per heavy atom. The van der Waals surface area contributed by atoms with Crippen molar-refractivity contribution in [1.82, 2.24) is 5.32 Å². The van der Waals surface area contributed by atoms with Crippen LogP contribution in [-0.4, -0.2) is 26.2 Å². The first-order valence-electron chi connectivity index (χ1n) is 6.24. The fourth-order valence-electron chi connectivity index (χ4n) is 1.89. The smallest absolute Gasteiger partial charge is 0.125 e. The molecule has 0 aliphatic heterocycles. The molecule has 1 rings (SSSR count). The predicted molar refractivity (Wildman–Crippen MR) is 72.0 cm³/mol. The normalized spacial score (nSPS) is 12.8. The van der Waals surface area contributed by atoms with Gasteiger partial charge in [0.25, 0.3) is 0 Å². The molecule has 0 heterocycles. The van der Waals surface area contributed by atoms with Crippen LogP contribution >= 0.6 is 0 Å². The maximum atomic E-state index is 13.1. The van der Waals surface area contributed by atoms with Crippen LogP contribution in [0.2, 0.25) is 0 Å². The van der Waals surface area contributed by atoms with Crippen LogP contribution in [0.15, 0.2) is 24.3 Å². The van der Waals surface area contributed by atoms with Crippen molar-refractivity contribution in [1.29, 1.82) is 0 Å². The zero-order valence-corrected chi connectivity index (χ0v) is 11.2. The quantitative estimate of drug-likeness (QED) is 0.820. The van der Waals surface area contributed by atoms with Gasteiger partial charge in [-0.3, -0.25) is 0 Å². The van der Waals surface area contributed by atoms with Crippen molar-refractivity contribution in [2.45, 2.75) is 26.8 Å². The predicted octanol–water partition coefficient (Wildman–Crippen LogP) is 2.90. The molecule has 17 heavy (non-hydrogen) atoms. The Bertz CT molecular complexity index is 339. The highest BCUT2D eigenvalue weighted by Gasteiger charge is 2.14. The molecule has 0 saturated heterocycles. The zero-order valence-electron chi connectivity index (χ0n) is 11.2. The molecule has 0 aromatic heterocycles. The molecule has 2 nitrogen and oxygen atoms in total. The molecule has 1 aromatic rings. The van der Waals surface area contributed by atoms with Crippen molar-refractivity contribution in [3.05, 3.63) is 30.1 Å². The summed E-state index contributed by atoms with van der Waals surface area (Å²) in [6.07, 6.45) is 0. The molecule has 1 unspecified atom stereocenters. The summed E-state index contributed by atoms with van der Waals surface area (Å²) >= 11 is 0. The second-order valence-corrected chi connectivity index (χ2v) is 4.77. The van der Waals surface area contributed by atoms with E-state index in [1.807, 2.05) is 13.1 Å². The second kappa shape index (κ2) is 6.60. The van der Waals surface area contributed by atoms with E-state index in [0.717, 1.165) is 18.8 Å². The fourth-order valence-corrected chi connectivity index (χ4v) is 1.89. The molecular weight excluding hydrogens is 215 g/mol. The number of halogens is 1. The number of likely N-dealkylation sites (N-methyl/N-ethyl adjacent to an activating group) is 2. The summed E-state index contributed by atoms with van der Waals surface area (Å²) < 4.78 is 13.1. The van der Waals surface area contributed by atoms with Gasteiger partial charge in [-0.15, -0.1) is 0 Å². The monoisotopic (exact) mass is 238 g/mol. The third kappa shape index (κ3) is 4.35. The van der Waals surface area contributed by atoms with Gasteiger partial charge in [-0.1, -0.05) is 26.8 Å². The van der Waals surface area contributed by atoms with E-state index in [2.05, 4.69) is 31.0 Å². The highest BCUT2D eigenvalue weighted by atomic mass is 19.1. The number of benzene rings is 1. The van der Waals surface area contributed by atoms with Crippen LogP contribution in [0.5, 0.6) is 0 Å². The van der Waals surface area contributed by atoms with Crippen LogP contribution in [0, 0.1) is 11.7 Å². The van der Waals surface area contributed by atoms with Gasteiger partial charge in [-0.25, -0.2) is 4.39 Å². The van der Waals surface area contributed by atoms with Crippen LogP contribution in [0.4, 0.5) is 10.1 Å². The molecular formula is C14H23FN2. The van der Waals surface area contributed by atoms with Crippen LogP contribution in [0.3, 0.4) is 0 Å². The van der Waals surface area contributed by atoms with Gasteiger partial charge in [0.2, 0.25) is 0 Å². The van der Waals surface area contributed by atoms with Gasteiger partial charge in [0.1, 0.15) is 5.82 Å². The zero-order chi connectivity index (χ0) is 12.8. The summed E-state index contributed by atoms with van der Waals surface area (Å²) in [5, 5.41) is 3.46. The average molecular weight is 238 g/mol. The lowest BCUT2D eigenvalue weighted by Crippen LogP contribution is -2.43. The lowest BCUT2D eigenvalue weighted by molar-refractivity contribution is 0.410. The van der Waals surface area contributed by atoms with E-state index in [1.54, 1.807) is 12.1 Å². The Morgan fingerprint density at radius 1 is 1.35 bits per heavy atom. The first-order valence-corrected chi connectivity index (χ1v) is 6.24. The summed E-state index contributed by atoms with van der Waals surface area (Å²) in [7, 11) is 2.00. The minimum Gasteiger partial charge on any atom is -0.373 e. The van der Waals surface area contributed by atoms with Crippen LogP contribution < -0.4 is 10.2 Å². The van der Waals surface area contributed by atoms with E-state index in [0.29, 0.717) is 12.0 Å². The summed E-state index contributed by atoms with van der Waals surface area (Å²) in [5.41, 5.74) is 0.925. The Hall–Kier alpha value is -1.09. The highest BCUT2D eigenvalue weighted by molar-refractivity contribution is 5.45. The standard InChI is InChI=1S/C14H23FN2/c1-5-16-14(11(2)3)10-17(4)13-8-6-7-12(15)9-13/h6-9,11,14,16H,5,10H2,1-4H3. The molecule has 0 bridgehead atoms. The topological polar surface area (TPSA) is 15.3 Å². The number of hydrogen-bond donors (Lipinski definition) is 1. The Kier molecular flexibility index (Phi) is 5.42. The molecule has 0 aliphatic rings. The molecule has 3 heteroatoms. The van der Waals surface area contributed by atoms with Crippen molar-refractivity contribution in [3.8, 4) is 0 Å². The number of anilines is 1. The van der Waals surface area contributed by atoms with Gasteiger partial charge < -0.3 is 10.2 Å². The molecule has 1 N–H and O–H groups in total. The molecule has 96 valence electrons. The Morgan fingerprint density at radius 3 is 2.59 bits per heavy atom. The third-order valence-electron chi connectivity index (χ3n) is 2.99.